The Hall–Kier alpha value is -0.390. The Labute approximate surface area is 115 Å². The van der Waals surface area contributed by atoms with Gasteiger partial charge in [-0.15, -0.1) is 11.3 Å². The predicted molar refractivity (Wildman–Crippen MR) is 75.9 cm³/mol. The zero-order valence-electron chi connectivity index (χ0n) is 8.63. The van der Waals surface area contributed by atoms with E-state index in [1.807, 2.05) is 13.0 Å². The largest absolute Gasteiger partial charge is 0.375 e. The van der Waals surface area contributed by atoms with Gasteiger partial charge in [-0.3, -0.25) is 0 Å². The Morgan fingerprint density at radius 3 is 2.69 bits per heavy atom. The van der Waals surface area contributed by atoms with Crippen molar-refractivity contribution in [3.63, 3.8) is 0 Å². The third-order valence-corrected chi connectivity index (χ3v) is 4.49. The lowest BCUT2D eigenvalue weighted by Crippen LogP contribution is -1.89. The van der Waals surface area contributed by atoms with Crippen molar-refractivity contribution in [3.05, 3.63) is 43.3 Å². The first-order valence-electron chi connectivity index (χ1n) is 4.72. The van der Waals surface area contributed by atoms with Gasteiger partial charge < -0.3 is 5.73 Å². The van der Waals surface area contributed by atoms with Gasteiger partial charge in [-0.2, -0.15) is 0 Å². The van der Waals surface area contributed by atoms with Crippen LogP contribution in [0.4, 0.5) is 5.13 Å². The van der Waals surface area contributed by atoms with E-state index in [0.29, 0.717) is 5.13 Å². The number of halogens is 2. The van der Waals surface area contributed by atoms with Crippen LogP contribution in [-0.4, -0.2) is 4.98 Å². The van der Waals surface area contributed by atoms with E-state index in [9.17, 15) is 0 Å². The molecule has 2 aromatic rings. The average molecular weight is 362 g/mol. The van der Waals surface area contributed by atoms with Crippen molar-refractivity contribution in [1.82, 2.24) is 4.98 Å². The molecule has 0 aliphatic heterocycles. The lowest BCUT2D eigenvalue weighted by molar-refractivity contribution is 1.14. The number of hydrogen-bond donors (Lipinski definition) is 1. The minimum Gasteiger partial charge on any atom is -0.375 e. The van der Waals surface area contributed by atoms with Crippen molar-refractivity contribution in [2.24, 2.45) is 0 Å². The van der Waals surface area contributed by atoms with Crippen LogP contribution in [0.5, 0.6) is 0 Å². The summed E-state index contributed by atoms with van der Waals surface area (Å²) in [6.07, 6.45) is 0.870. The van der Waals surface area contributed by atoms with Crippen LogP contribution in [0.3, 0.4) is 0 Å². The highest BCUT2D eigenvalue weighted by Crippen LogP contribution is 2.28. The molecule has 0 amide bonds. The van der Waals surface area contributed by atoms with Gasteiger partial charge in [0.15, 0.2) is 5.13 Å². The van der Waals surface area contributed by atoms with E-state index >= 15 is 0 Å². The zero-order valence-corrected chi connectivity index (χ0v) is 12.6. The van der Waals surface area contributed by atoms with Crippen LogP contribution in [0, 0.1) is 6.92 Å². The van der Waals surface area contributed by atoms with E-state index in [-0.39, 0.29) is 0 Å². The van der Waals surface area contributed by atoms with Crippen molar-refractivity contribution < 1.29 is 0 Å². The highest BCUT2D eigenvalue weighted by molar-refractivity contribution is 9.11. The van der Waals surface area contributed by atoms with Crippen molar-refractivity contribution in [2.75, 3.05) is 5.73 Å². The zero-order chi connectivity index (χ0) is 11.7. The molecule has 1 aromatic carbocycles. The summed E-state index contributed by atoms with van der Waals surface area (Å²) in [6.45, 7) is 1.99. The highest BCUT2D eigenvalue weighted by Gasteiger charge is 2.08. The smallest absolute Gasteiger partial charge is 0.180 e. The van der Waals surface area contributed by atoms with Crippen LogP contribution in [0.15, 0.2) is 27.1 Å². The molecule has 0 saturated heterocycles. The fourth-order valence-corrected chi connectivity index (χ4v) is 3.50. The van der Waals surface area contributed by atoms with Crippen molar-refractivity contribution in [2.45, 2.75) is 13.3 Å². The number of nitrogens with two attached hydrogens (primary N) is 1. The SMILES string of the molecule is Cc1nc(N)sc1Cc1ccc(Br)cc1Br. The number of nitrogens with zero attached hydrogens (tertiary/aromatic N) is 1. The van der Waals surface area contributed by atoms with Crippen molar-refractivity contribution in [3.8, 4) is 0 Å². The molecule has 0 aliphatic rings. The first kappa shape index (κ1) is 12.1. The topological polar surface area (TPSA) is 38.9 Å². The maximum Gasteiger partial charge on any atom is 0.180 e. The summed E-state index contributed by atoms with van der Waals surface area (Å²) >= 11 is 8.56. The van der Waals surface area contributed by atoms with Crippen LogP contribution < -0.4 is 5.73 Å². The van der Waals surface area contributed by atoms with E-state index < -0.39 is 0 Å². The maximum atomic E-state index is 5.68. The summed E-state index contributed by atoms with van der Waals surface area (Å²) in [5.74, 6) is 0. The van der Waals surface area contributed by atoms with Gasteiger partial charge >= 0.3 is 0 Å². The quantitative estimate of drug-likeness (QED) is 0.872. The predicted octanol–water partition coefficient (Wildman–Crippen LogP) is 4.15. The number of hydrogen-bond acceptors (Lipinski definition) is 3. The summed E-state index contributed by atoms with van der Waals surface area (Å²) < 4.78 is 2.18. The lowest BCUT2D eigenvalue weighted by Gasteiger charge is -2.03. The van der Waals surface area contributed by atoms with Gasteiger partial charge in [0, 0.05) is 20.2 Å². The van der Waals surface area contributed by atoms with Gasteiger partial charge in [0.25, 0.3) is 0 Å². The van der Waals surface area contributed by atoms with Gasteiger partial charge in [0.2, 0.25) is 0 Å². The minimum absolute atomic E-state index is 0.640. The van der Waals surface area contributed by atoms with Gasteiger partial charge in [-0.05, 0) is 24.6 Å². The molecule has 2 nitrogen and oxygen atoms in total. The normalized spacial score (nSPS) is 10.7. The number of nitrogen functional groups attached to an aromatic ring is 1. The third kappa shape index (κ3) is 2.64. The number of aromatic nitrogens is 1. The second kappa shape index (κ2) is 4.85. The Bertz CT molecular complexity index is 523. The number of rotatable bonds is 2. The summed E-state index contributed by atoms with van der Waals surface area (Å²) in [5.41, 5.74) is 7.95. The molecule has 0 bridgehead atoms. The van der Waals surface area contributed by atoms with Crippen LogP contribution >= 0.6 is 43.2 Å². The molecule has 5 heteroatoms. The molecule has 16 heavy (non-hydrogen) atoms. The maximum absolute atomic E-state index is 5.68. The number of benzene rings is 1. The van der Waals surface area contributed by atoms with Crippen LogP contribution in [-0.2, 0) is 6.42 Å². The average Bonchev–Trinajstić information content (AvgIpc) is 2.50. The van der Waals surface area contributed by atoms with Gasteiger partial charge in [-0.25, -0.2) is 4.98 Å². The third-order valence-electron chi connectivity index (χ3n) is 2.28. The molecular weight excluding hydrogens is 352 g/mol. The molecule has 84 valence electrons. The fraction of sp³-hybridized carbons (Fsp3) is 0.182. The molecule has 0 aliphatic carbocycles. The van der Waals surface area contributed by atoms with E-state index in [1.54, 1.807) is 11.3 Å². The lowest BCUT2D eigenvalue weighted by atomic mass is 10.1. The first-order chi connectivity index (χ1) is 7.56. The molecule has 0 spiro atoms. The van der Waals surface area contributed by atoms with Crippen molar-refractivity contribution >= 4 is 48.3 Å². The molecular formula is C11H10Br2N2S. The van der Waals surface area contributed by atoms with E-state index in [4.69, 9.17) is 5.73 Å². The fourth-order valence-electron chi connectivity index (χ4n) is 1.45. The molecule has 0 saturated carbocycles. The summed E-state index contributed by atoms with van der Waals surface area (Å²) in [5, 5.41) is 0.640. The number of thiazole rings is 1. The van der Waals surface area contributed by atoms with E-state index in [0.717, 1.165) is 21.1 Å². The summed E-state index contributed by atoms with van der Waals surface area (Å²) in [4.78, 5) is 5.45. The van der Waals surface area contributed by atoms with E-state index in [2.05, 4.69) is 49.0 Å². The molecule has 2 N–H and O–H groups in total. The molecule has 1 heterocycles. The van der Waals surface area contributed by atoms with Crippen LogP contribution in [0.2, 0.25) is 0 Å². The molecule has 2 rings (SSSR count). The van der Waals surface area contributed by atoms with E-state index in [1.165, 1.54) is 10.4 Å². The highest BCUT2D eigenvalue weighted by atomic mass is 79.9. The first-order valence-corrected chi connectivity index (χ1v) is 7.12. The molecule has 1 aromatic heterocycles. The Morgan fingerprint density at radius 2 is 2.12 bits per heavy atom. The number of aryl methyl sites for hydroxylation is 1. The monoisotopic (exact) mass is 360 g/mol. The molecule has 0 radical (unpaired) electrons. The molecule has 0 atom stereocenters. The molecule has 0 unspecified atom stereocenters. The molecule has 0 fully saturated rings. The van der Waals surface area contributed by atoms with Gasteiger partial charge in [-0.1, -0.05) is 37.9 Å². The number of anilines is 1. The minimum atomic E-state index is 0.640. The Balaban J connectivity index is 2.30. The van der Waals surface area contributed by atoms with Crippen LogP contribution in [0.1, 0.15) is 16.1 Å². The van der Waals surface area contributed by atoms with Gasteiger partial charge in [0.05, 0.1) is 5.69 Å². The second-order valence-electron chi connectivity index (χ2n) is 3.47. The summed E-state index contributed by atoms with van der Waals surface area (Å²) in [6, 6.07) is 6.19. The second-order valence-corrected chi connectivity index (χ2v) is 6.36. The van der Waals surface area contributed by atoms with Gasteiger partial charge in [0.1, 0.15) is 0 Å². The standard InChI is InChI=1S/C11H10Br2N2S/c1-6-10(16-11(14)15-6)4-7-2-3-8(12)5-9(7)13/h2-3,5H,4H2,1H3,(H2,14,15). The Morgan fingerprint density at radius 1 is 1.38 bits per heavy atom. The summed E-state index contributed by atoms with van der Waals surface area (Å²) in [7, 11) is 0. The Kier molecular flexibility index (Phi) is 3.66. The van der Waals surface area contributed by atoms with Crippen LogP contribution in [0.25, 0.3) is 0 Å². The van der Waals surface area contributed by atoms with Crippen molar-refractivity contribution in [1.29, 1.82) is 0 Å².